The van der Waals surface area contributed by atoms with Crippen LogP contribution in [0.2, 0.25) is 0 Å². The summed E-state index contributed by atoms with van der Waals surface area (Å²) in [5, 5.41) is 0. The van der Waals surface area contributed by atoms with Crippen molar-refractivity contribution in [1.29, 1.82) is 0 Å². The summed E-state index contributed by atoms with van der Waals surface area (Å²) in [5.41, 5.74) is 8.57. The molecule has 0 spiro atoms. The SMILES string of the molecule is Cc1cc(C)cc([C@H](N)CCC(F)(F)F)c1. The van der Waals surface area contributed by atoms with Crippen LogP contribution in [0.1, 0.15) is 35.6 Å². The minimum Gasteiger partial charge on any atom is -0.324 e. The lowest BCUT2D eigenvalue weighted by atomic mass is 9.99. The summed E-state index contributed by atoms with van der Waals surface area (Å²) in [6, 6.07) is 5.11. The molecule has 0 saturated carbocycles. The Bertz CT molecular complexity index is 338. The highest BCUT2D eigenvalue weighted by molar-refractivity contribution is 5.30. The highest BCUT2D eigenvalue weighted by atomic mass is 19.4. The number of benzene rings is 1. The standard InChI is InChI=1S/C12H16F3N/c1-8-5-9(2)7-10(6-8)11(16)3-4-12(13,14)15/h5-7,11H,3-4,16H2,1-2H3/t11-/m1/s1. The fraction of sp³-hybridized carbons (Fsp3) is 0.500. The molecule has 1 rings (SSSR count). The molecule has 0 radical (unpaired) electrons. The summed E-state index contributed by atoms with van der Waals surface area (Å²) < 4.78 is 36.1. The number of hydrogen-bond donors (Lipinski definition) is 1. The van der Waals surface area contributed by atoms with Crippen LogP contribution in [-0.2, 0) is 0 Å². The molecule has 0 heterocycles. The molecule has 0 aliphatic heterocycles. The molecule has 1 aromatic carbocycles. The topological polar surface area (TPSA) is 26.0 Å². The molecular formula is C12H16F3N. The van der Waals surface area contributed by atoms with Gasteiger partial charge in [-0.15, -0.1) is 0 Å². The van der Waals surface area contributed by atoms with Crippen LogP contribution >= 0.6 is 0 Å². The molecule has 0 saturated heterocycles. The molecule has 0 aliphatic rings. The van der Waals surface area contributed by atoms with E-state index in [4.69, 9.17) is 5.73 Å². The monoisotopic (exact) mass is 231 g/mol. The zero-order valence-electron chi connectivity index (χ0n) is 9.43. The number of aryl methyl sites for hydroxylation is 2. The lowest BCUT2D eigenvalue weighted by Gasteiger charge is -2.14. The van der Waals surface area contributed by atoms with Crippen molar-refractivity contribution in [1.82, 2.24) is 0 Å². The second kappa shape index (κ2) is 4.87. The van der Waals surface area contributed by atoms with Crippen LogP contribution in [0.4, 0.5) is 13.2 Å². The van der Waals surface area contributed by atoms with Gasteiger partial charge in [0.25, 0.3) is 0 Å². The second-order valence-corrected chi connectivity index (χ2v) is 4.18. The fourth-order valence-corrected chi connectivity index (χ4v) is 1.71. The Morgan fingerprint density at radius 3 is 2.06 bits per heavy atom. The van der Waals surface area contributed by atoms with E-state index in [1.54, 1.807) is 0 Å². The van der Waals surface area contributed by atoms with Crippen molar-refractivity contribution >= 4 is 0 Å². The molecule has 0 aliphatic carbocycles. The van der Waals surface area contributed by atoms with E-state index in [9.17, 15) is 13.2 Å². The summed E-state index contributed by atoms with van der Waals surface area (Å²) in [6.45, 7) is 3.82. The van der Waals surface area contributed by atoms with Gasteiger partial charge < -0.3 is 5.73 Å². The summed E-state index contributed by atoms with van der Waals surface area (Å²) in [4.78, 5) is 0. The van der Waals surface area contributed by atoms with Gasteiger partial charge in [-0.2, -0.15) is 13.2 Å². The normalized spacial score (nSPS) is 13.9. The Hall–Kier alpha value is -1.03. The minimum absolute atomic E-state index is 0.0631. The van der Waals surface area contributed by atoms with Gasteiger partial charge in [0, 0.05) is 12.5 Å². The van der Waals surface area contributed by atoms with E-state index in [-0.39, 0.29) is 6.42 Å². The summed E-state index contributed by atoms with van der Waals surface area (Å²) in [5.74, 6) is 0. The van der Waals surface area contributed by atoms with Crippen LogP contribution in [0.3, 0.4) is 0 Å². The third-order valence-electron chi connectivity index (χ3n) is 2.41. The molecule has 0 aromatic heterocycles. The van der Waals surface area contributed by atoms with Crippen molar-refractivity contribution in [3.63, 3.8) is 0 Å². The number of hydrogen-bond acceptors (Lipinski definition) is 1. The molecule has 1 aromatic rings. The van der Waals surface area contributed by atoms with Crippen molar-refractivity contribution < 1.29 is 13.2 Å². The highest BCUT2D eigenvalue weighted by Gasteiger charge is 2.27. The van der Waals surface area contributed by atoms with E-state index in [1.165, 1.54) is 0 Å². The quantitative estimate of drug-likeness (QED) is 0.844. The molecule has 0 fully saturated rings. The van der Waals surface area contributed by atoms with Gasteiger partial charge in [-0.25, -0.2) is 0 Å². The van der Waals surface area contributed by atoms with Gasteiger partial charge in [0.05, 0.1) is 0 Å². The Kier molecular flexibility index (Phi) is 3.97. The van der Waals surface area contributed by atoms with E-state index >= 15 is 0 Å². The zero-order chi connectivity index (χ0) is 12.3. The first kappa shape index (κ1) is 13.0. The third-order valence-corrected chi connectivity index (χ3v) is 2.41. The molecular weight excluding hydrogens is 215 g/mol. The second-order valence-electron chi connectivity index (χ2n) is 4.18. The summed E-state index contributed by atoms with van der Waals surface area (Å²) in [7, 11) is 0. The van der Waals surface area contributed by atoms with Gasteiger partial charge in [-0.05, 0) is 25.8 Å². The Morgan fingerprint density at radius 1 is 1.12 bits per heavy atom. The van der Waals surface area contributed by atoms with Gasteiger partial charge in [-0.1, -0.05) is 29.3 Å². The van der Waals surface area contributed by atoms with E-state index in [0.717, 1.165) is 16.7 Å². The lowest BCUT2D eigenvalue weighted by Crippen LogP contribution is -2.16. The van der Waals surface area contributed by atoms with Crippen LogP contribution < -0.4 is 5.73 Å². The van der Waals surface area contributed by atoms with Gasteiger partial charge in [0.1, 0.15) is 0 Å². The van der Waals surface area contributed by atoms with E-state index in [1.807, 2.05) is 32.0 Å². The molecule has 1 atom stereocenters. The number of halogens is 3. The minimum atomic E-state index is -4.13. The van der Waals surface area contributed by atoms with Crippen molar-refractivity contribution in [3.05, 3.63) is 34.9 Å². The predicted octanol–water partition coefficient (Wildman–Crippen LogP) is 3.65. The molecule has 4 heteroatoms. The van der Waals surface area contributed by atoms with Crippen LogP contribution in [0.15, 0.2) is 18.2 Å². The van der Waals surface area contributed by atoms with E-state index in [0.29, 0.717) is 0 Å². The maximum absolute atomic E-state index is 12.0. The van der Waals surface area contributed by atoms with Gasteiger partial charge in [0.2, 0.25) is 0 Å². The Balaban J connectivity index is 2.69. The third kappa shape index (κ3) is 4.23. The van der Waals surface area contributed by atoms with E-state index in [2.05, 4.69) is 0 Å². The maximum Gasteiger partial charge on any atom is 0.389 e. The average molecular weight is 231 g/mol. The first-order valence-electron chi connectivity index (χ1n) is 5.18. The van der Waals surface area contributed by atoms with E-state index < -0.39 is 18.6 Å². The molecule has 1 nitrogen and oxygen atoms in total. The number of nitrogens with two attached hydrogens (primary N) is 1. The van der Waals surface area contributed by atoms with Gasteiger partial charge in [0.15, 0.2) is 0 Å². The summed E-state index contributed by atoms with van der Waals surface area (Å²) >= 11 is 0. The maximum atomic E-state index is 12.0. The Morgan fingerprint density at radius 2 is 1.62 bits per heavy atom. The molecule has 0 bridgehead atoms. The number of rotatable bonds is 3. The molecule has 0 amide bonds. The Labute approximate surface area is 93.5 Å². The van der Waals surface area contributed by atoms with Crippen LogP contribution in [0, 0.1) is 13.8 Å². The average Bonchev–Trinajstić information content (AvgIpc) is 2.11. The molecule has 16 heavy (non-hydrogen) atoms. The highest BCUT2D eigenvalue weighted by Crippen LogP contribution is 2.27. The summed E-state index contributed by atoms with van der Waals surface area (Å²) in [6.07, 6.45) is -5.02. The lowest BCUT2D eigenvalue weighted by molar-refractivity contribution is -0.136. The molecule has 90 valence electrons. The first-order chi connectivity index (χ1) is 7.28. The zero-order valence-corrected chi connectivity index (χ0v) is 9.43. The largest absolute Gasteiger partial charge is 0.389 e. The predicted molar refractivity (Wildman–Crippen MR) is 58.1 cm³/mol. The van der Waals surface area contributed by atoms with Crippen LogP contribution in [0.25, 0.3) is 0 Å². The smallest absolute Gasteiger partial charge is 0.324 e. The van der Waals surface area contributed by atoms with Gasteiger partial charge >= 0.3 is 6.18 Å². The van der Waals surface area contributed by atoms with Gasteiger partial charge in [-0.3, -0.25) is 0 Å². The van der Waals surface area contributed by atoms with Crippen molar-refractivity contribution in [2.75, 3.05) is 0 Å². The molecule has 2 N–H and O–H groups in total. The van der Waals surface area contributed by atoms with Crippen molar-refractivity contribution in [3.8, 4) is 0 Å². The van der Waals surface area contributed by atoms with Crippen molar-refractivity contribution in [2.45, 2.75) is 38.9 Å². The van der Waals surface area contributed by atoms with Crippen LogP contribution in [0.5, 0.6) is 0 Å². The first-order valence-corrected chi connectivity index (χ1v) is 5.18. The van der Waals surface area contributed by atoms with Crippen LogP contribution in [-0.4, -0.2) is 6.18 Å². The molecule has 0 unspecified atom stereocenters. The number of alkyl halides is 3. The fourth-order valence-electron chi connectivity index (χ4n) is 1.71. The van der Waals surface area contributed by atoms with Crippen molar-refractivity contribution in [2.24, 2.45) is 5.73 Å².